The molecule has 1 aliphatic heterocycles. The summed E-state index contributed by atoms with van der Waals surface area (Å²) in [5.41, 5.74) is 5.89. The zero-order valence-corrected chi connectivity index (χ0v) is 22.6. The average Bonchev–Trinajstić information content (AvgIpc) is 3.37. The highest BCUT2D eigenvalue weighted by Crippen LogP contribution is 2.44. The molecular weight excluding hydrogens is 476 g/mol. The van der Waals surface area contributed by atoms with Crippen LogP contribution in [0.25, 0.3) is 10.9 Å². The van der Waals surface area contributed by atoms with Gasteiger partial charge in [0.2, 0.25) is 0 Å². The van der Waals surface area contributed by atoms with Gasteiger partial charge in [0.05, 0.1) is 12.1 Å². The molecule has 1 fully saturated rings. The van der Waals surface area contributed by atoms with Crippen LogP contribution in [0.15, 0.2) is 121 Å². The topological polar surface area (TPSA) is 28.4 Å². The van der Waals surface area contributed by atoms with E-state index in [-0.39, 0.29) is 12.1 Å². The number of rotatable bonds is 9. The molecule has 0 saturated carbocycles. The zero-order valence-electron chi connectivity index (χ0n) is 22.6. The van der Waals surface area contributed by atoms with Gasteiger partial charge in [-0.2, -0.15) is 0 Å². The van der Waals surface area contributed by atoms with Gasteiger partial charge in [-0.25, -0.2) is 0 Å². The van der Waals surface area contributed by atoms with Crippen molar-refractivity contribution < 1.29 is 5.11 Å². The smallest absolute Gasteiger partial charge is 0.0973 e. The van der Waals surface area contributed by atoms with Crippen LogP contribution in [0.4, 0.5) is 0 Å². The van der Waals surface area contributed by atoms with Gasteiger partial charge in [0.25, 0.3) is 0 Å². The molecule has 3 nitrogen and oxygen atoms in total. The number of aliphatic hydroxyl groups is 1. The third kappa shape index (κ3) is 4.93. The van der Waals surface area contributed by atoms with Crippen molar-refractivity contribution >= 4 is 10.9 Å². The van der Waals surface area contributed by atoms with Crippen molar-refractivity contribution in [3.63, 3.8) is 0 Å². The molecule has 1 unspecified atom stereocenters. The molecule has 3 heteroatoms. The monoisotopic (exact) mass is 514 g/mol. The van der Waals surface area contributed by atoms with Gasteiger partial charge in [-0.05, 0) is 72.4 Å². The molecule has 5 aromatic rings. The first-order valence-electron chi connectivity index (χ1n) is 14.4. The molecule has 4 aromatic carbocycles. The third-order valence-electron chi connectivity index (χ3n) is 8.62. The van der Waals surface area contributed by atoms with E-state index in [9.17, 15) is 5.11 Å². The van der Waals surface area contributed by atoms with Crippen molar-refractivity contribution in [1.29, 1.82) is 0 Å². The number of likely N-dealkylation sites (tertiary alicyclic amines) is 1. The quantitative estimate of drug-likeness (QED) is 0.205. The Morgan fingerprint density at radius 3 is 1.87 bits per heavy atom. The van der Waals surface area contributed by atoms with Gasteiger partial charge >= 0.3 is 0 Å². The van der Waals surface area contributed by atoms with Crippen LogP contribution < -0.4 is 0 Å². The summed E-state index contributed by atoms with van der Waals surface area (Å²) < 4.78 is 2.32. The van der Waals surface area contributed by atoms with Crippen LogP contribution in [0.2, 0.25) is 0 Å². The lowest BCUT2D eigenvalue weighted by Crippen LogP contribution is -2.52. The first kappa shape index (κ1) is 25.6. The Kier molecular flexibility index (Phi) is 7.62. The Morgan fingerprint density at radius 2 is 1.28 bits per heavy atom. The van der Waals surface area contributed by atoms with E-state index in [1.165, 1.54) is 46.9 Å². The summed E-state index contributed by atoms with van der Waals surface area (Å²) in [7, 11) is 0. The molecule has 198 valence electrons. The summed E-state index contributed by atoms with van der Waals surface area (Å²) in [5, 5.41) is 11.2. The summed E-state index contributed by atoms with van der Waals surface area (Å²) >= 11 is 0. The van der Waals surface area contributed by atoms with E-state index >= 15 is 0 Å². The Labute approximate surface area is 232 Å². The largest absolute Gasteiger partial charge is 0.390 e. The van der Waals surface area contributed by atoms with E-state index in [0.29, 0.717) is 5.92 Å². The number of benzene rings is 4. The van der Waals surface area contributed by atoms with Crippen molar-refractivity contribution in [3.05, 3.63) is 144 Å². The molecule has 1 aromatic heterocycles. The van der Waals surface area contributed by atoms with Crippen LogP contribution in [0.3, 0.4) is 0 Å². The third-order valence-corrected chi connectivity index (χ3v) is 8.62. The molecule has 2 heterocycles. The molecule has 1 saturated heterocycles. The number of hydrogen-bond acceptors (Lipinski definition) is 2. The first-order valence-corrected chi connectivity index (χ1v) is 14.4. The fraction of sp³-hybridized carbons (Fsp3) is 0.278. The predicted octanol–water partition coefficient (Wildman–Crippen LogP) is 7.62. The van der Waals surface area contributed by atoms with Crippen LogP contribution in [-0.4, -0.2) is 27.7 Å². The summed E-state index contributed by atoms with van der Waals surface area (Å²) in [5.74, 6) is 0.633. The summed E-state index contributed by atoms with van der Waals surface area (Å²) in [6.07, 6.45) is 4.76. The number of nitrogens with zero attached hydrogens (tertiary/aromatic N) is 2. The number of aliphatic hydroxyl groups excluding tert-OH is 1. The zero-order chi connectivity index (χ0) is 26.5. The van der Waals surface area contributed by atoms with Crippen LogP contribution in [0.5, 0.6) is 0 Å². The average molecular weight is 515 g/mol. The predicted molar refractivity (Wildman–Crippen MR) is 161 cm³/mol. The highest BCUT2D eigenvalue weighted by molar-refractivity contribution is 5.81. The van der Waals surface area contributed by atoms with E-state index in [0.717, 1.165) is 31.7 Å². The normalized spacial score (nSPS) is 16.5. The molecule has 0 radical (unpaired) electrons. The minimum absolute atomic E-state index is 0.0830. The molecule has 0 bridgehead atoms. The summed E-state index contributed by atoms with van der Waals surface area (Å²) in [6.45, 7) is 3.17. The number of para-hydroxylation sites is 1. The maximum atomic E-state index is 9.99. The van der Waals surface area contributed by atoms with E-state index in [4.69, 9.17) is 0 Å². The molecule has 0 aliphatic carbocycles. The van der Waals surface area contributed by atoms with E-state index in [1.54, 1.807) is 0 Å². The Bertz CT molecular complexity index is 1380. The maximum Gasteiger partial charge on any atom is 0.0973 e. The van der Waals surface area contributed by atoms with Crippen LogP contribution in [-0.2, 0) is 18.7 Å². The van der Waals surface area contributed by atoms with Gasteiger partial charge in [-0.1, -0.05) is 109 Å². The number of aryl methyl sites for hydroxylation is 1. The molecular formula is C36H38N2O. The van der Waals surface area contributed by atoms with E-state index in [1.807, 2.05) is 0 Å². The van der Waals surface area contributed by atoms with Crippen LogP contribution in [0.1, 0.15) is 48.1 Å². The lowest BCUT2D eigenvalue weighted by atomic mass is 9.74. The number of hydrogen-bond donors (Lipinski definition) is 1. The second-order valence-electron chi connectivity index (χ2n) is 10.9. The van der Waals surface area contributed by atoms with Gasteiger partial charge in [-0.15, -0.1) is 0 Å². The summed E-state index contributed by atoms with van der Waals surface area (Å²) in [4.78, 5) is 2.76. The Balaban J connectivity index is 1.30. The van der Waals surface area contributed by atoms with Gasteiger partial charge in [0.1, 0.15) is 0 Å². The van der Waals surface area contributed by atoms with Crippen LogP contribution in [0, 0.1) is 5.92 Å². The maximum absolute atomic E-state index is 9.99. The van der Waals surface area contributed by atoms with Gasteiger partial charge in [-0.3, -0.25) is 4.90 Å². The number of aromatic nitrogens is 1. The van der Waals surface area contributed by atoms with Crippen molar-refractivity contribution in [2.75, 3.05) is 13.1 Å². The van der Waals surface area contributed by atoms with Gasteiger partial charge in [0.15, 0.2) is 0 Å². The molecule has 0 spiro atoms. The van der Waals surface area contributed by atoms with E-state index < -0.39 is 0 Å². The lowest BCUT2D eigenvalue weighted by Gasteiger charge is -2.49. The molecule has 6 rings (SSSR count). The Hall–Kier alpha value is -3.66. The van der Waals surface area contributed by atoms with Gasteiger partial charge in [0, 0.05) is 24.3 Å². The molecule has 39 heavy (non-hydrogen) atoms. The fourth-order valence-corrected chi connectivity index (χ4v) is 6.89. The Morgan fingerprint density at radius 1 is 0.718 bits per heavy atom. The highest BCUT2D eigenvalue weighted by atomic mass is 16.3. The summed E-state index contributed by atoms with van der Waals surface area (Å²) in [6, 6.07) is 43.9. The van der Waals surface area contributed by atoms with E-state index in [2.05, 4.69) is 131 Å². The number of fused-ring (bicyclic) bond motifs is 1. The SMILES string of the molecule is OCc1cc2ccccc2n1CCCC1CCCN(C(c2ccccc2)(c2ccccc2)c2ccccc2)C1. The van der Waals surface area contributed by atoms with Crippen molar-refractivity contribution in [2.24, 2.45) is 5.92 Å². The van der Waals surface area contributed by atoms with Crippen molar-refractivity contribution in [1.82, 2.24) is 9.47 Å². The molecule has 1 N–H and O–H groups in total. The molecule has 1 atom stereocenters. The number of piperidine rings is 1. The highest BCUT2D eigenvalue weighted by Gasteiger charge is 2.43. The molecule has 1 aliphatic rings. The second kappa shape index (κ2) is 11.6. The van der Waals surface area contributed by atoms with Crippen molar-refractivity contribution in [2.45, 2.75) is 44.4 Å². The van der Waals surface area contributed by atoms with Gasteiger partial charge < -0.3 is 9.67 Å². The fourth-order valence-electron chi connectivity index (χ4n) is 6.89. The second-order valence-corrected chi connectivity index (χ2v) is 10.9. The standard InChI is InChI=1S/C36H38N2O/c39-28-34-26-30-16-10-11-23-35(30)38(34)25-13-15-29-14-12-24-37(27-29)36(31-17-4-1-5-18-31,32-19-6-2-7-20-32)33-21-8-3-9-22-33/h1-11,16-23,26,29,39H,12-15,24-25,27-28H2. The molecule has 0 amide bonds. The first-order chi connectivity index (χ1) is 19.3. The van der Waals surface area contributed by atoms with Crippen molar-refractivity contribution in [3.8, 4) is 0 Å². The minimum Gasteiger partial charge on any atom is -0.390 e. The lowest BCUT2D eigenvalue weighted by molar-refractivity contribution is 0.0884. The minimum atomic E-state index is -0.330. The van der Waals surface area contributed by atoms with Crippen LogP contribution >= 0.6 is 0 Å².